The number of benzene rings is 1. The van der Waals surface area contributed by atoms with Crippen LogP contribution in [0.5, 0.6) is 5.75 Å². The Hall–Kier alpha value is -1.17. The van der Waals surface area contributed by atoms with Crippen LogP contribution in [0, 0.1) is 0 Å². The highest BCUT2D eigenvalue weighted by Crippen LogP contribution is 2.27. The molecule has 1 N–H and O–H groups in total. The number of hydrogen-bond donors (Lipinski definition) is 1. The topological polar surface area (TPSA) is 21.3 Å². The summed E-state index contributed by atoms with van der Waals surface area (Å²) >= 11 is 7.41. The van der Waals surface area contributed by atoms with Crippen LogP contribution in [-0.2, 0) is 6.54 Å². The summed E-state index contributed by atoms with van der Waals surface area (Å²) in [6.07, 6.45) is 0. The Morgan fingerprint density at radius 2 is 2.10 bits per heavy atom. The van der Waals surface area contributed by atoms with E-state index in [9.17, 15) is 8.78 Å². The minimum Gasteiger partial charge on any atom is -0.434 e. The predicted octanol–water partition coefficient (Wildman–Crippen LogP) is 4.85. The van der Waals surface area contributed by atoms with E-state index in [1.807, 2.05) is 18.4 Å². The van der Waals surface area contributed by atoms with Crippen molar-refractivity contribution in [2.45, 2.75) is 26.1 Å². The van der Waals surface area contributed by atoms with Gasteiger partial charge in [-0.25, -0.2) is 0 Å². The van der Waals surface area contributed by atoms with Crippen LogP contribution in [0.3, 0.4) is 0 Å². The second-order valence-corrected chi connectivity index (χ2v) is 5.68. The van der Waals surface area contributed by atoms with Crippen molar-refractivity contribution in [1.82, 2.24) is 5.32 Å². The molecule has 0 aliphatic rings. The van der Waals surface area contributed by atoms with Crippen LogP contribution >= 0.6 is 22.9 Å². The normalized spacial score (nSPS) is 12.7. The van der Waals surface area contributed by atoms with Crippen LogP contribution in [0.4, 0.5) is 8.78 Å². The fraction of sp³-hybridized carbons (Fsp3) is 0.286. The molecule has 2 nitrogen and oxygen atoms in total. The Morgan fingerprint density at radius 1 is 1.35 bits per heavy atom. The van der Waals surface area contributed by atoms with E-state index in [4.69, 9.17) is 11.6 Å². The predicted molar refractivity (Wildman–Crippen MR) is 77.7 cm³/mol. The molecule has 0 saturated carbocycles. The Bertz CT molecular complexity index is 562. The molecule has 20 heavy (non-hydrogen) atoms. The molecule has 0 aliphatic heterocycles. The summed E-state index contributed by atoms with van der Waals surface area (Å²) in [5, 5.41) is 5.84. The van der Waals surface area contributed by atoms with Gasteiger partial charge in [0.25, 0.3) is 0 Å². The van der Waals surface area contributed by atoms with Gasteiger partial charge in [0, 0.05) is 28.4 Å². The molecule has 0 aliphatic carbocycles. The van der Waals surface area contributed by atoms with Gasteiger partial charge in [-0.3, -0.25) is 0 Å². The Labute approximate surface area is 125 Å². The summed E-state index contributed by atoms with van der Waals surface area (Å²) < 4.78 is 29.3. The molecule has 1 heterocycles. The molecule has 0 bridgehead atoms. The Morgan fingerprint density at radius 3 is 2.75 bits per heavy atom. The summed E-state index contributed by atoms with van der Waals surface area (Å²) in [6, 6.07) is 8.57. The van der Waals surface area contributed by atoms with E-state index in [1.165, 1.54) is 0 Å². The lowest BCUT2D eigenvalue weighted by atomic mass is 10.1. The average Bonchev–Trinajstić information content (AvgIpc) is 2.82. The van der Waals surface area contributed by atoms with E-state index >= 15 is 0 Å². The van der Waals surface area contributed by atoms with E-state index in [0.29, 0.717) is 17.1 Å². The maximum atomic E-state index is 12.4. The van der Waals surface area contributed by atoms with Gasteiger partial charge in [0.05, 0.1) is 5.02 Å². The first-order chi connectivity index (χ1) is 9.56. The number of nitrogens with one attached hydrogen (secondary N) is 1. The number of ether oxygens (including phenoxy) is 1. The van der Waals surface area contributed by atoms with Crippen LogP contribution in [0.2, 0.25) is 5.02 Å². The van der Waals surface area contributed by atoms with E-state index in [1.54, 1.807) is 35.6 Å². The van der Waals surface area contributed by atoms with Crippen molar-refractivity contribution < 1.29 is 13.5 Å². The standard InChI is InChI=1S/C14H14ClF2NOS/c1-9(18-7-11-6-10(15)8-20-11)12-4-2-3-5-13(12)19-14(16)17/h2-6,8-9,14,18H,7H2,1H3. The van der Waals surface area contributed by atoms with Crippen molar-refractivity contribution >= 4 is 22.9 Å². The van der Waals surface area contributed by atoms with Gasteiger partial charge in [0.15, 0.2) is 0 Å². The smallest absolute Gasteiger partial charge is 0.387 e. The Balaban J connectivity index is 2.03. The maximum absolute atomic E-state index is 12.4. The molecule has 0 spiro atoms. The van der Waals surface area contributed by atoms with Gasteiger partial charge in [0.2, 0.25) is 0 Å². The summed E-state index contributed by atoms with van der Waals surface area (Å²) in [5.41, 5.74) is 0.704. The van der Waals surface area contributed by atoms with Gasteiger partial charge in [0.1, 0.15) is 5.75 Å². The molecular formula is C14H14ClF2NOS. The van der Waals surface area contributed by atoms with Crippen molar-refractivity contribution in [2.75, 3.05) is 0 Å². The molecule has 2 rings (SSSR count). The summed E-state index contributed by atoms with van der Waals surface area (Å²) in [4.78, 5) is 1.09. The monoisotopic (exact) mass is 317 g/mol. The first-order valence-electron chi connectivity index (χ1n) is 6.06. The van der Waals surface area contributed by atoms with Crippen molar-refractivity contribution in [3.63, 3.8) is 0 Å². The first kappa shape index (κ1) is 15.2. The minimum atomic E-state index is -2.82. The van der Waals surface area contributed by atoms with Gasteiger partial charge in [-0.15, -0.1) is 11.3 Å². The SMILES string of the molecule is CC(NCc1cc(Cl)cs1)c1ccccc1OC(F)F. The van der Waals surface area contributed by atoms with E-state index in [2.05, 4.69) is 10.1 Å². The molecule has 0 saturated heterocycles. The van der Waals surface area contributed by atoms with Crippen LogP contribution in [0.1, 0.15) is 23.4 Å². The molecule has 1 aromatic carbocycles. The molecule has 108 valence electrons. The van der Waals surface area contributed by atoms with Gasteiger partial charge >= 0.3 is 6.61 Å². The highest BCUT2D eigenvalue weighted by Gasteiger charge is 2.14. The molecule has 0 amide bonds. The Kier molecular flexibility index (Phi) is 5.34. The fourth-order valence-corrected chi connectivity index (χ4v) is 2.88. The van der Waals surface area contributed by atoms with Gasteiger partial charge in [-0.1, -0.05) is 29.8 Å². The molecule has 1 atom stereocenters. The van der Waals surface area contributed by atoms with Crippen LogP contribution in [-0.4, -0.2) is 6.61 Å². The second-order valence-electron chi connectivity index (χ2n) is 4.25. The first-order valence-corrected chi connectivity index (χ1v) is 7.32. The van der Waals surface area contributed by atoms with E-state index in [-0.39, 0.29) is 11.8 Å². The third kappa shape index (κ3) is 4.16. The molecule has 1 aromatic heterocycles. The van der Waals surface area contributed by atoms with Crippen molar-refractivity contribution in [3.05, 3.63) is 51.2 Å². The number of halogens is 3. The van der Waals surface area contributed by atoms with Crippen LogP contribution in [0.15, 0.2) is 35.7 Å². The highest BCUT2D eigenvalue weighted by atomic mass is 35.5. The molecular weight excluding hydrogens is 304 g/mol. The molecule has 1 unspecified atom stereocenters. The van der Waals surface area contributed by atoms with Gasteiger partial charge < -0.3 is 10.1 Å². The second kappa shape index (κ2) is 7.02. The number of alkyl halides is 2. The van der Waals surface area contributed by atoms with Crippen LogP contribution < -0.4 is 10.1 Å². The quantitative estimate of drug-likeness (QED) is 0.822. The lowest BCUT2D eigenvalue weighted by Gasteiger charge is -2.17. The van der Waals surface area contributed by atoms with Crippen molar-refractivity contribution in [2.24, 2.45) is 0 Å². The zero-order valence-corrected chi connectivity index (χ0v) is 12.3. The summed E-state index contributed by atoms with van der Waals surface area (Å²) in [5.74, 6) is 0.201. The van der Waals surface area contributed by atoms with Crippen molar-refractivity contribution in [1.29, 1.82) is 0 Å². The van der Waals surface area contributed by atoms with Crippen molar-refractivity contribution in [3.8, 4) is 5.75 Å². The highest BCUT2D eigenvalue weighted by molar-refractivity contribution is 7.10. The summed E-state index contributed by atoms with van der Waals surface area (Å²) in [7, 11) is 0. The zero-order chi connectivity index (χ0) is 14.5. The fourth-order valence-electron chi connectivity index (χ4n) is 1.85. The number of para-hydroxylation sites is 1. The number of thiophene rings is 1. The lowest BCUT2D eigenvalue weighted by Crippen LogP contribution is -2.18. The van der Waals surface area contributed by atoms with Crippen LogP contribution in [0.25, 0.3) is 0 Å². The van der Waals surface area contributed by atoms with E-state index < -0.39 is 6.61 Å². The molecule has 6 heteroatoms. The molecule has 2 aromatic rings. The largest absolute Gasteiger partial charge is 0.434 e. The molecule has 0 fully saturated rings. The number of rotatable bonds is 6. The average molecular weight is 318 g/mol. The number of hydrogen-bond acceptors (Lipinski definition) is 3. The molecule has 0 radical (unpaired) electrons. The third-order valence-electron chi connectivity index (χ3n) is 2.81. The zero-order valence-electron chi connectivity index (χ0n) is 10.8. The third-order valence-corrected chi connectivity index (χ3v) is 4.09. The van der Waals surface area contributed by atoms with Gasteiger partial charge in [-0.2, -0.15) is 8.78 Å². The lowest BCUT2D eigenvalue weighted by molar-refractivity contribution is -0.0506. The van der Waals surface area contributed by atoms with Gasteiger partial charge in [-0.05, 0) is 19.1 Å². The maximum Gasteiger partial charge on any atom is 0.387 e. The van der Waals surface area contributed by atoms with E-state index in [0.717, 1.165) is 4.88 Å². The summed E-state index contributed by atoms with van der Waals surface area (Å²) in [6.45, 7) is -0.288. The minimum absolute atomic E-state index is 0.106.